The lowest BCUT2D eigenvalue weighted by atomic mass is 10.1. The van der Waals surface area contributed by atoms with Gasteiger partial charge in [-0.05, 0) is 49.1 Å². The number of ether oxygens (including phenoxy) is 3. The number of halogens is 2. The Morgan fingerprint density at radius 2 is 1.89 bits per heavy atom. The van der Waals surface area contributed by atoms with Crippen molar-refractivity contribution in [2.75, 3.05) is 27.3 Å². The number of pyridine rings is 1. The molecule has 0 amide bonds. The van der Waals surface area contributed by atoms with Crippen LogP contribution in [0.1, 0.15) is 46.0 Å². The minimum Gasteiger partial charge on any atom is -0.494 e. The Balaban J connectivity index is 1.09. The summed E-state index contributed by atoms with van der Waals surface area (Å²) in [4.78, 5) is 29.1. The monoisotopic (exact) mass is 644 g/mol. The molecule has 0 unspecified atom stereocenters. The van der Waals surface area contributed by atoms with Gasteiger partial charge in [0.15, 0.2) is 0 Å². The van der Waals surface area contributed by atoms with Gasteiger partial charge in [-0.25, -0.2) is 24.1 Å². The standard InChI is InChI=1S/C34H34ClFN6O4/c1-4-41-19-37-13-23(41)14-42-28-10-21(34(43)45-3)11-29(44-2)33(28)39-30(42)17-40-15-24-25(16-40)32(24)27-6-5-7-31(38-27)46-18-20-8-9-22(35)12-26(20)36/h5-13,19,24-25,32H,4,14-18H2,1-3H3/t24-,25+,32-. The Labute approximate surface area is 270 Å². The van der Waals surface area contributed by atoms with E-state index >= 15 is 0 Å². The molecule has 1 aliphatic heterocycles. The van der Waals surface area contributed by atoms with Gasteiger partial charge in [-0.3, -0.25) is 4.90 Å². The number of hydrogen-bond acceptors (Lipinski definition) is 8. The summed E-state index contributed by atoms with van der Waals surface area (Å²) >= 11 is 5.87. The molecule has 238 valence electrons. The fourth-order valence-electron chi connectivity index (χ4n) is 6.72. The molecule has 2 aromatic carbocycles. The van der Waals surface area contributed by atoms with Crippen molar-refractivity contribution < 1.29 is 23.4 Å². The van der Waals surface area contributed by atoms with E-state index in [1.165, 1.54) is 13.2 Å². The molecule has 0 spiro atoms. The summed E-state index contributed by atoms with van der Waals surface area (Å²) in [6.07, 6.45) is 3.69. The van der Waals surface area contributed by atoms with E-state index in [1.807, 2.05) is 30.7 Å². The van der Waals surface area contributed by atoms with Crippen molar-refractivity contribution in [3.8, 4) is 11.6 Å². The number of fused-ring (bicyclic) bond motifs is 2. The first-order valence-corrected chi connectivity index (χ1v) is 15.6. The van der Waals surface area contributed by atoms with Crippen LogP contribution in [0.5, 0.6) is 11.6 Å². The summed E-state index contributed by atoms with van der Waals surface area (Å²) in [5.41, 5.74) is 4.39. The van der Waals surface area contributed by atoms with Crippen LogP contribution < -0.4 is 9.47 Å². The summed E-state index contributed by atoms with van der Waals surface area (Å²) in [7, 11) is 2.95. The van der Waals surface area contributed by atoms with Crippen LogP contribution in [-0.2, 0) is 31.0 Å². The number of hydrogen-bond donors (Lipinski definition) is 0. The highest BCUT2D eigenvalue weighted by molar-refractivity contribution is 6.30. The van der Waals surface area contributed by atoms with E-state index in [2.05, 4.69) is 25.9 Å². The molecule has 5 aromatic rings. The van der Waals surface area contributed by atoms with Crippen LogP contribution in [-0.4, -0.2) is 62.3 Å². The lowest BCUT2D eigenvalue weighted by molar-refractivity contribution is 0.0600. The Kier molecular flexibility index (Phi) is 8.12. The van der Waals surface area contributed by atoms with Gasteiger partial charge in [0.1, 0.15) is 29.5 Å². The minimum absolute atomic E-state index is 0.0801. The molecule has 0 N–H and O–H groups in total. The molecule has 10 nitrogen and oxygen atoms in total. The molecule has 3 aromatic heterocycles. The molecule has 2 aliphatic rings. The largest absolute Gasteiger partial charge is 0.494 e. The second-order valence-corrected chi connectivity index (χ2v) is 12.2. The molecule has 1 saturated carbocycles. The van der Waals surface area contributed by atoms with E-state index in [0.717, 1.165) is 42.4 Å². The number of aromatic nitrogens is 5. The van der Waals surface area contributed by atoms with Crippen LogP contribution in [0.3, 0.4) is 0 Å². The summed E-state index contributed by atoms with van der Waals surface area (Å²) < 4.78 is 35.0. The molecule has 46 heavy (non-hydrogen) atoms. The molecule has 1 saturated heterocycles. The summed E-state index contributed by atoms with van der Waals surface area (Å²) in [5.74, 6) is 2.39. The first-order chi connectivity index (χ1) is 22.4. The fourth-order valence-corrected chi connectivity index (χ4v) is 6.88. The highest BCUT2D eigenvalue weighted by Crippen LogP contribution is 2.58. The molecule has 2 fully saturated rings. The van der Waals surface area contributed by atoms with Gasteiger partial charge in [-0.2, -0.15) is 0 Å². The van der Waals surface area contributed by atoms with Gasteiger partial charge >= 0.3 is 5.97 Å². The van der Waals surface area contributed by atoms with Crippen molar-refractivity contribution in [1.82, 2.24) is 29.0 Å². The zero-order chi connectivity index (χ0) is 31.9. The zero-order valence-corrected chi connectivity index (χ0v) is 26.6. The van der Waals surface area contributed by atoms with Crippen LogP contribution in [0.4, 0.5) is 4.39 Å². The van der Waals surface area contributed by atoms with E-state index in [-0.39, 0.29) is 6.61 Å². The maximum Gasteiger partial charge on any atom is 0.338 e. The van der Waals surface area contributed by atoms with Gasteiger partial charge in [0.2, 0.25) is 5.88 Å². The number of carbonyl (C=O) groups excluding carboxylic acids is 1. The number of piperidine rings is 1. The molecule has 1 aliphatic carbocycles. The van der Waals surface area contributed by atoms with E-state index < -0.39 is 11.8 Å². The Morgan fingerprint density at radius 3 is 2.63 bits per heavy atom. The smallest absolute Gasteiger partial charge is 0.338 e. The zero-order valence-electron chi connectivity index (χ0n) is 25.8. The molecule has 0 bridgehead atoms. The summed E-state index contributed by atoms with van der Waals surface area (Å²) in [6, 6.07) is 13.9. The number of rotatable bonds is 11. The first kappa shape index (κ1) is 30.2. The maximum atomic E-state index is 14.2. The van der Waals surface area contributed by atoms with Gasteiger partial charge < -0.3 is 23.3 Å². The summed E-state index contributed by atoms with van der Waals surface area (Å²) in [6.45, 7) is 5.99. The number of carbonyl (C=O) groups is 1. The van der Waals surface area contributed by atoms with Crippen molar-refractivity contribution >= 4 is 28.6 Å². The molecule has 12 heteroatoms. The molecule has 0 radical (unpaired) electrons. The number of imidazole rings is 2. The number of aryl methyl sites for hydroxylation is 1. The van der Waals surface area contributed by atoms with Crippen molar-refractivity contribution in [2.24, 2.45) is 11.8 Å². The quantitative estimate of drug-likeness (QED) is 0.169. The SMILES string of the molecule is CCn1cncc1Cn1c(CN2C[C@@H]3[C@H](C2)[C@@H]3c2cccc(OCc3ccc(Cl)cc3F)n2)nc2c(OC)cc(C(=O)OC)cc21. The van der Waals surface area contributed by atoms with Crippen molar-refractivity contribution in [3.05, 3.63) is 100 Å². The third-order valence-corrected chi connectivity index (χ3v) is 9.35. The molecule has 4 heterocycles. The number of esters is 1. The van der Waals surface area contributed by atoms with Crippen molar-refractivity contribution in [1.29, 1.82) is 0 Å². The molecular formula is C34H34ClFN6O4. The predicted molar refractivity (Wildman–Crippen MR) is 170 cm³/mol. The average molecular weight is 645 g/mol. The van der Waals surface area contributed by atoms with Crippen LogP contribution in [0.15, 0.2) is 61.1 Å². The van der Waals surface area contributed by atoms with Crippen LogP contribution in [0.25, 0.3) is 11.0 Å². The van der Waals surface area contributed by atoms with Crippen molar-refractivity contribution in [2.45, 2.75) is 39.1 Å². The number of likely N-dealkylation sites (tertiary alicyclic amines) is 1. The van der Waals surface area contributed by atoms with Crippen molar-refractivity contribution in [3.63, 3.8) is 0 Å². The number of nitrogens with zero attached hydrogens (tertiary/aromatic N) is 6. The van der Waals surface area contributed by atoms with Gasteiger partial charge in [0, 0.05) is 54.1 Å². The van der Waals surface area contributed by atoms with Gasteiger partial charge in [-0.15, -0.1) is 0 Å². The second-order valence-electron chi connectivity index (χ2n) is 11.8. The van der Waals surface area contributed by atoms with Crippen LogP contribution in [0, 0.1) is 17.7 Å². The third-order valence-electron chi connectivity index (χ3n) is 9.11. The van der Waals surface area contributed by atoms with E-state index in [9.17, 15) is 9.18 Å². The third kappa shape index (κ3) is 5.69. The molecule has 7 rings (SSSR count). The topological polar surface area (TPSA) is 96.5 Å². The highest BCUT2D eigenvalue weighted by Gasteiger charge is 2.57. The Hall–Kier alpha value is -4.48. The lowest BCUT2D eigenvalue weighted by Gasteiger charge is -2.20. The Bertz CT molecular complexity index is 1910. The predicted octanol–water partition coefficient (Wildman–Crippen LogP) is 5.71. The van der Waals surface area contributed by atoms with Gasteiger partial charge in [-0.1, -0.05) is 23.7 Å². The number of benzene rings is 2. The van der Waals surface area contributed by atoms with Crippen LogP contribution in [0.2, 0.25) is 5.02 Å². The molecule has 3 atom stereocenters. The normalized spacial score (nSPS) is 18.9. The highest BCUT2D eigenvalue weighted by atomic mass is 35.5. The van der Waals surface area contributed by atoms with Crippen LogP contribution >= 0.6 is 11.6 Å². The second kappa shape index (κ2) is 12.4. The Morgan fingerprint density at radius 1 is 1.07 bits per heavy atom. The van der Waals surface area contributed by atoms with Gasteiger partial charge in [0.05, 0.1) is 50.4 Å². The molecular weight excluding hydrogens is 611 g/mol. The van der Waals surface area contributed by atoms with E-state index in [1.54, 1.807) is 31.4 Å². The minimum atomic E-state index is -0.431. The number of methoxy groups -OCH3 is 2. The van der Waals surface area contributed by atoms with E-state index in [4.69, 9.17) is 35.8 Å². The van der Waals surface area contributed by atoms with Gasteiger partial charge in [0.25, 0.3) is 0 Å². The first-order valence-electron chi connectivity index (χ1n) is 15.3. The lowest BCUT2D eigenvalue weighted by Crippen LogP contribution is -2.26. The summed E-state index contributed by atoms with van der Waals surface area (Å²) in [5, 5.41) is 0.351. The van der Waals surface area contributed by atoms with E-state index in [0.29, 0.717) is 64.1 Å². The fraction of sp³-hybridized carbons (Fsp3) is 0.353. The maximum absolute atomic E-state index is 14.2. The average Bonchev–Trinajstić information content (AvgIpc) is 3.40.